The Bertz CT molecular complexity index is 2960. The number of hydrogen-bond acceptors (Lipinski definition) is 8. The zero-order chi connectivity index (χ0) is 64.5. The molecule has 18 rings (SSSR count). The van der Waals surface area contributed by atoms with Crippen molar-refractivity contribution in [3.63, 3.8) is 0 Å². The summed E-state index contributed by atoms with van der Waals surface area (Å²) >= 11 is 0. The molecule has 12 saturated carbocycles. The summed E-state index contributed by atoms with van der Waals surface area (Å²) in [6.07, 6.45) is 11.1. The molecule has 94 heavy (non-hydrogen) atoms. The molecule has 0 atom stereocenters. The molecule has 12 aliphatic carbocycles. The number of hydrogen-bond donors (Lipinski definition) is 2. The summed E-state index contributed by atoms with van der Waals surface area (Å²) in [6, 6.07) is 64.3. The second kappa shape index (κ2) is 31.2. The van der Waals surface area contributed by atoms with Crippen molar-refractivity contribution in [2.24, 2.45) is 76.4 Å². The Morgan fingerprint density at radius 1 is 0.394 bits per heavy atom. The number of aliphatic hydroxyl groups is 2. The van der Waals surface area contributed by atoms with Crippen LogP contribution in [0, 0.1) is 76.4 Å². The fourth-order valence-corrected chi connectivity index (χ4v) is 22.6. The number of ether oxygens (including phenoxy) is 1. The van der Waals surface area contributed by atoms with Gasteiger partial charge in [-0.15, -0.1) is 0 Å². The molecule has 0 radical (unpaired) electrons. The van der Waals surface area contributed by atoms with Gasteiger partial charge in [0.25, 0.3) is 0 Å². The van der Waals surface area contributed by atoms with Crippen LogP contribution in [0.5, 0.6) is 0 Å². The number of alkyl halides is 6. The first kappa shape index (κ1) is 75.3. The number of rotatable bonds is 13. The first-order valence-electron chi connectivity index (χ1n) is 32.5. The van der Waals surface area contributed by atoms with Crippen molar-refractivity contribution < 1.29 is 120 Å². The van der Waals surface area contributed by atoms with Gasteiger partial charge in [-0.2, -0.15) is 26.3 Å². The van der Waals surface area contributed by atoms with Crippen LogP contribution in [0.2, 0.25) is 0 Å². The maximum absolute atomic E-state index is 14.7. The van der Waals surface area contributed by atoms with Gasteiger partial charge in [-0.05, 0) is 247 Å². The smallest absolute Gasteiger partial charge is 1.00 e. The van der Waals surface area contributed by atoms with Gasteiger partial charge >= 0.3 is 53.3 Å². The summed E-state index contributed by atoms with van der Waals surface area (Å²) in [5, 5.41) is 41.9. The molecular formula is C75H82Cl2F6NaO8S2-. The molecule has 6 aromatic rings. The van der Waals surface area contributed by atoms with Crippen molar-refractivity contribution >= 4 is 39.7 Å². The zero-order valence-corrected chi connectivity index (χ0v) is 58.4. The molecule has 12 aliphatic rings. The minimum absolute atomic E-state index is 0. The standard InChI is InChI=1S/2C18H15S.C15H22F2O2.2C12H16F2O3.2ClH.Na/c2*1-4-10-16(11-5-1)19(17-12-6-2-7-13-17)18-14-8-3-9-15-18;1-3-19-13(18)15(16,17)14(2)11-5-9-4-10(7-11)8-12(14)6-9;2*13-12(14,10(15)16)11(17)8-2-6-1-7(4-8)5-9(11)3-6;;;/h2*1-15H;9-12H,3-8H2,1-2H3;2*6-9,17H,1-5H2,(H,15,16);2*1H;/q2*+1;;;;;;+1/p-4. The molecule has 8 nitrogen and oxygen atoms in total. The van der Waals surface area contributed by atoms with E-state index in [1.165, 1.54) is 35.8 Å². The van der Waals surface area contributed by atoms with Gasteiger partial charge in [-0.25, -0.2) is 4.79 Å². The molecule has 12 fully saturated rings. The van der Waals surface area contributed by atoms with Crippen LogP contribution in [0.3, 0.4) is 0 Å². The van der Waals surface area contributed by atoms with Crippen LogP contribution in [0.15, 0.2) is 211 Å². The van der Waals surface area contributed by atoms with Crippen LogP contribution >= 0.6 is 0 Å². The van der Waals surface area contributed by atoms with E-state index < -0.39 is 76.0 Å². The van der Waals surface area contributed by atoms with Crippen LogP contribution in [0.4, 0.5) is 26.3 Å². The van der Waals surface area contributed by atoms with Gasteiger partial charge < -0.3 is 59.6 Å². The summed E-state index contributed by atoms with van der Waals surface area (Å²) in [7, 11) is -0.0293. The predicted octanol–water partition coefficient (Wildman–Crippen LogP) is 5.34. The Morgan fingerprint density at radius 3 is 0.766 bits per heavy atom. The molecule has 2 N–H and O–H groups in total. The molecule has 0 unspecified atom stereocenters. The predicted molar refractivity (Wildman–Crippen MR) is 334 cm³/mol. The number of carboxylic acids is 2. The van der Waals surface area contributed by atoms with Crippen molar-refractivity contribution in [2.45, 2.75) is 169 Å². The third-order valence-corrected chi connectivity index (χ3v) is 26.7. The van der Waals surface area contributed by atoms with E-state index in [0.717, 1.165) is 38.5 Å². The number of benzene rings is 6. The van der Waals surface area contributed by atoms with Crippen LogP contribution in [0.1, 0.15) is 110 Å². The Balaban J connectivity index is 0.000000150. The number of halogens is 8. The van der Waals surface area contributed by atoms with E-state index in [9.17, 15) is 61.2 Å². The van der Waals surface area contributed by atoms with Gasteiger partial charge in [0.05, 0.1) is 28.4 Å². The minimum atomic E-state index is -4.13. The van der Waals surface area contributed by atoms with E-state index in [0.29, 0.717) is 86.9 Å². The van der Waals surface area contributed by atoms with Gasteiger partial charge in [0.2, 0.25) is 0 Å². The van der Waals surface area contributed by atoms with Crippen LogP contribution in [-0.2, 0) is 40.9 Å². The van der Waals surface area contributed by atoms with Gasteiger partial charge in [-0.1, -0.05) is 116 Å². The van der Waals surface area contributed by atoms with Crippen molar-refractivity contribution in [3.05, 3.63) is 182 Å². The maximum atomic E-state index is 14.7. The van der Waals surface area contributed by atoms with E-state index in [4.69, 9.17) is 0 Å². The number of esters is 1. The largest absolute Gasteiger partial charge is 1.00 e. The van der Waals surface area contributed by atoms with E-state index in [2.05, 4.69) is 187 Å². The minimum Gasteiger partial charge on any atom is -1.00 e. The Kier molecular flexibility index (Phi) is 24.9. The van der Waals surface area contributed by atoms with Crippen LogP contribution in [-0.4, -0.2) is 63.7 Å². The van der Waals surface area contributed by atoms with Crippen molar-refractivity contribution in [3.8, 4) is 0 Å². The average Bonchev–Trinajstić information content (AvgIpc) is 0.726. The first-order chi connectivity index (χ1) is 43.5. The second-order valence-corrected chi connectivity index (χ2v) is 31.4. The SMILES string of the molecule is CCOC(=O)C(F)(F)C1(C)C2CC3CC(C2)CC1C3.O=C([O-])C(F)(F)C1(O)C2CC3CC(C2)CC1C3.O=C([O-])C(F)(F)C1(O)C2CC3CC(C2)CC1C3.[Cl-].[Cl-].[Na+].c1ccc([S+](c2ccccc2)c2ccccc2)cc1.c1ccc([S+](c2ccccc2)c2ccccc2)cc1. The number of carbonyl (C=O) groups is 3. The molecule has 0 heterocycles. The van der Waals surface area contributed by atoms with Crippen molar-refractivity contribution in [1.82, 2.24) is 0 Å². The summed E-state index contributed by atoms with van der Waals surface area (Å²) in [5.41, 5.74) is -5.94. The quantitative estimate of drug-likeness (QED) is 0.0683. The van der Waals surface area contributed by atoms with Crippen molar-refractivity contribution in [2.75, 3.05) is 6.61 Å². The van der Waals surface area contributed by atoms with Crippen LogP contribution < -0.4 is 64.6 Å². The molecular weight excluding hydrogens is 1300 g/mol. The fourth-order valence-electron chi connectivity index (χ4n) is 18.4. The molecule has 500 valence electrons. The normalized spacial score (nSPS) is 30.8. The Hall–Kier alpha value is -4.49. The molecule has 0 spiro atoms. The van der Waals surface area contributed by atoms with Crippen molar-refractivity contribution in [1.29, 1.82) is 0 Å². The maximum Gasteiger partial charge on any atom is 1.00 e. The summed E-state index contributed by atoms with van der Waals surface area (Å²) in [5.74, 6) is -17.3. The van der Waals surface area contributed by atoms with E-state index in [1.807, 2.05) is 0 Å². The monoisotopic (exact) mass is 1380 g/mol. The summed E-state index contributed by atoms with van der Waals surface area (Å²) in [6.45, 7) is 3.23. The molecule has 0 aromatic heterocycles. The number of aliphatic carboxylic acids is 2. The molecule has 0 amide bonds. The van der Waals surface area contributed by atoms with Gasteiger partial charge in [0.15, 0.2) is 29.4 Å². The zero-order valence-electron chi connectivity index (χ0n) is 53.2. The average molecular weight is 1380 g/mol. The molecule has 19 heteroatoms. The van der Waals surface area contributed by atoms with Gasteiger partial charge in [0, 0.05) is 5.41 Å². The Labute approximate surface area is 589 Å². The van der Waals surface area contributed by atoms with Gasteiger partial charge in [0.1, 0.15) is 23.1 Å². The fraction of sp³-hybridized carbons (Fsp3) is 0.480. The van der Waals surface area contributed by atoms with E-state index in [-0.39, 0.29) is 94.6 Å². The number of carboxylic acid groups (broad SMARTS) is 2. The molecule has 0 aliphatic heterocycles. The first-order valence-corrected chi connectivity index (χ1v) is 34.9. The number of carbonyl (C=O) groups excluding carboxylic acids is 3. The second-order valence-electron chi connectivity index (χ2n) is 27.4. The molecule has 0 saturated heterocycles. The molecule has 6 aromatic carbocycles. The van der Waals surface area contributed by atoms with Crippen LogP contribution in [0.25, 0.3) is 0 Å². The topological polar surface area (TPSA) is 147 Å². The van der Waals surface area contributed by atoms with E-state index in [1.54, 1.807) is 13.8 Å². The Morgan fingerprint density at radius 2 is 0.585 bits per heavy atom. The third-order valence-electron chi connectivity index (χ3n) is 22.2. The summed E-state index contributed by atoms with van der Waals surface area (Å²) in [4.78, 5) is 41.1. The van der Waals surface area contributed by atoms with E-state index >= 15 is 0 Å². The van der Waals surface area contributed by atoms with Gasteiger partial charge in [-0.3, -0.25) is 0 Å². The molecule has 12 bridgehead atoms. The summed E-state index contributed by atoms with van der Waals surface area (Å²) < 4.78 is 89.0. The third kappa shape index (κ3) is 14.6.